The van der Waals surface area contributed by atoms with Crippen LogP contribution in [0.5, 0.6) is 0 Å². The van der Waals surface area contributed by atoms with Gasteiger partial charge in [-0.25, -0.2) is 4.98 Å². The minimum atomic E-state index is 0.0423. The van der Waals surface area contributed by atoms with Gasteiger partial charge in [0.2, 0.25) is 0 Å². The van der Waals surface area contributed by atoms with E-state index in [1.807, 2.05) is 25.1 Å². The quantitative estimate of drug-likeness (QED) is 0.811. The Morgan fingerprint density at radius 3 is 2.78 bits per heavy atom. The molecule has 4 nitrogen and oxygen atoms in total. The van der Waals surface area contributed by atoms with E-state index in [1.165, 1.54) is 0 Å². The van der Waals surface area contributed by atoms with Crippen molar-refractivity contribution < 1.29 is 4.79 Å². The summed E-state index contributed by atoms with van der Waals surface area (Å²) in [4.78, 5) is 15.5. The highest BCUT2D eigenvalue weighted by Gasteiger charge is 2.03. The number of Topliss-reactive ketones (excluding diaryl/α,β-unsaturated/α-hetero) is 1. The number of nitrogens with two attached hydrogens (primary N) is 1. The van der Waals surface area contributed by atoms with Crippen LogP contribution >= 0.6 is 0 Å². The molecule has 1 aromatic carbocycles. The van der Waals surface area contributed by atoms with Crippen LogP contribution in [0, 0.1) is 6.92 Å². The summed E-state index contributed by atoms with van der Waals surface area (Å²) in [5.74, 6) is 0.783. The van der Waals surface area contributed by atoms with E-state index < -0.39 is 0 Å². The summed E-state index contributed by atoms with van der Waals surface area (Å²) in [6.45, 7) is 3.48. The van der Waals surface area contributed by atoms with Crippen LogP contribution in [0.4, 0.5) is 17.2 Å². The van der Waals surface area contributed by atoms with Crippen LogP contribution in [-0.4, -0.2) is 10.8 Å². The number of carbonyl (C=O) groups is 1. The molecule has 0 bridgehead atoms. The Morgan fingerprint density at radius 2 is 2.11 bits per heavy atom. The molecule has 1 aromatic heterocycles. The van der Waals surface area contributed by atoms with Crippen LogP contribution in [0.25, 0.3) is 0 Å². The number of ketones is 1. The molecular formula is C14H15N3O. The van der Waals surface area contributed by atoms with Crippen molar-refractivity contribution in [1.82, 2.24) is 4.98 Å². The predicted molar refractivity (Wildman–Crippen MR) is 73.1 cm³/mol. The molecular weight excluding hydrogens is 226 g/mol. The molecule has 0 saturated heterocycles. The zero-order valence-electron chi connectivity index (χ0n) is 10.4. The monoisotopic (exact) mass is 241 g/mol. The maximum atomic E-state index is 11.3. The van der Waals surface area contributed by atoms with E-state index in [-0.39, 0.29) is 5.78 Å². The predicted octanol–water partition coefficient (Wildman–Crippen LogP) is 2.92. The topological polar surface area (TPSA) is 68.0 Å². The minimum absolute atomic E-state index is 0.0423. The number of pyridine rings is 1. The number of hydrogen-bond acceptors (Lipinski definition) is 4. The van der Waals surface area contributed by atoms with Crippen LogP contribution in [0.2, 0.25) is 0 Å². The van der Waals surface area contributed by atoms with Crippen LogP contribution in [0.3, 0.4) is 0 Å². The number of carbonyl (C=O) groups excluding carboxylic acids is 1. The first-order valence-corrected chi connectivity index (χ1v) is 5.66. The zero-order chi connectivity index (χ0) is 13.1. The second-order valence-electron chi connectivity index (χ2n) is 4.20. The Morgan fingerprint density at radius 1 is 1.33 bits per heavy atom. The third-order valence-corrected chi connectivity index (χ3v) is 2.63. The molecule has 0 radical (unpaired) electrons. The number of nitrogens with one attached hydrogen (secondary N) is 1. The van der Waals surface area contributed by atoms with Gasteiger partial charge in [-0.05, 0) is 37.6 Å². The van der Waals surface area contributed by atoms with Gasteiger partial charge in [-0.1, -0.05) is 12.1 Å². The molecule has 18 heavy (non-hydrogen) atoms. The van der Waals surface area contributed by atoms with Crippen LogP contribution in [0.1, 0.15) is 22.8 Å². The highest BCUT2D eigenvalue weighted by Crippen LogP contribution is 2.20. The Balaban J connectivity index is 2.28. The van der Waals surface area contributed by atoms with Crippen molar-refractivity contribution in [2.24, 2.45) is 0 Å². The number of nitrogen functional groups attached to an aromatic ring is 1. The van der Waals surface area contributed by atoms with Crippen molar-refractivity contribution in [3.05, 3.63) is 47.7 Å². The highest BCUT2D eigenvalue weighted by atomic mass is 16.1. The molecule has 0 spiro atoms. The first-order chi connectivity index (χ1) is 8.56. The molecule has 0 saturated carbocycles. The Kier molecular flexibility index (Phi) is 3.28. The molecule has 3 N–H and O–H groups in total. The molecule has 0 aliphatic heterocycles. The van der Waals surface area contributed by atoms with E-state index in [2.05, 4.69) is 10.3 Å². The normalized spacial score (nSPS) is 10.1. The standard InChI is InChI=1S/C14H15N3O/c1-9-6-12(15)8-16-14(9)17-13-5-3-4-11(7-13)10(2)18/h3-8H,15H2,1-2H3,(H,16,17). The molecule has 0 fully saturated rings. The Hall–Kier alpha value is -2.36. The van der Waals surface area contributed by atoms with Gasteiger partial charge in [-0.3, -0.25) is 4.79 Å². The third kappa shape index (κ3) is 2.66. The number of anilines is 3. The molecule has 0 unspecified atom stereocenters. The fraction of sp³-hybridized carbons (Fsp3) is 0.143. The summed E-state index contributed by atoms with van der Waals surface area (Å²) in [6, 6.07) is 9.18. The van der Waals surface area contributed by atoms with Gasteiger partial charge in [0.25, 0.3) is 0 Å². The van der Waals surface area contributed by atoms with Crippen LogP contribution in [0.15, 0.2) is 36.5 Å². The molecule has 0 atom stereocenters. The number of rotatable bonds is 3. The van der Waals surface area contributed by atoms with Crippen molar-refractivity contribution >= 4 is 23.0 Å². The number of nitrogens with zero attached hydrogens (tertiary/aromatic N) is 1. The fourth-order valence-electron chi connectivity index (χ4n) is 1.68. The van der Waals surface area contributed by atoms with Crippen molar-refractivity contribution in [1.29, 1.82) is 0 Å². The lowest BCUT2D eigenvalue weighted by Gasteiger charge is -2.09. The molecule has 92 valence electrons. The molecule has 4 heteroatoms. The lowest BCUT2D eigenvalue weighted by atomic mass is 10.1. The number of benzene rings is 1. The molecule has 0 aliphatic carbocycles. The third-order valence-electron chi connectivity index (χ3n) is 2.63. The second kappa shape index (κ2) is 4.87. The second-order valence-corrected chi connectivity index (χ2v) is 4.20. The van der Waals surface area contributed by atoms with Crippen molar-refractivity contribution in [2.45, 2.75) is 13.8 Å². The Bertz CT molecular complexity index is 593. The van der Waals surface area contributed by atoms with E-state index in [4.69, 9.17) is 5.73 Å². The fourth-order valence-corrected chi connectivity index (χ4v) is 1.68. The van der Waals surface area contributed by atoms with Crippen molar-refractivity contribution in [3.8, 4) is 0 Å². The van der Waals surface area contributed by atoms with Gasteiger partial charge in [0.1, 0.15) is 5.82 Å². The lowest BCUT2D eigenvalue weighted by molar-refractivity contribution is 0.101. The van der Waals surface area contributed by atoms with Gasteiger partial charge in [0, 0.05) is 11.3 Å². The molecule has 2 rings (SSSR count). The maximum Gasteiger partial charge on any atom is 0.159 e. The average Bonchev–Trinajstić information content (AvgIpc) is 2.33. The summed E-state index contributed by atoms with van der Waals surface area (Å²) >= 11 is 0. The van der Waals surface area contributed by atoms with Gasteiger partial charge in [0.05, 0.1) is 11.9 Å². The van der Waals surface area contributed by atoms with Gasteiger partial charge in [0.15, 0.2) is 5.78 Å². The van der Waals surface area contributed by atoms with E-state index in [1.54, 1.807) is 25.3 Å². The van der Waals surface area contributed by atoms with Gasteiger partial charge >= 0.3 is 0 Å². The minimum Gasteiger partial charge on any atom is -0.397 e. The van der Waals surface area contributed by atoms with Crippen LogP contribution < -0.4 is 11.1 Å². The highest BCUT2D eigenvalue weighted by molar-refractivity contribution is 5.95. The first kappa shape index (κ1) is 12.1. The number of hydrogen-bond donors (Lipinski definition) is 2. The average molecular weight is 241 g/mol. The molecule has 1 heterocycles. The van der Waals surface area contributed by atoms with Crippen molar-refractivity contribution in [3.63, 3.8) is 0 Å². The molecule has 0 amide bonds. The van der Waals surface area contributed by atoms with E-state index in [0.717, 1.165) is 17.1 Å². The van der Waals surface area contributed by atoms with E-state index in [9.17, 15) is 4.79 Å². The van der Waals surface area contributed by atoms with E-state index >= 15 is 0 Å². The lowest BCUT2D eigenvalue weighted by Crippen LogP contribution is -1.99. The summed E-state index contributed by atoms with van der Waals surface area (Å²) in [6.07, 6.45) is 1.60. The van der Waals surface area contributed by atoms with Crippen molar-refractivity contribution in [2.75, 3.05) is 11.1 Å². The Labute approximate surface area is 106 Å². The van der Waals surface area contributed by atoms with Gasteiger partial charge in [-0.2, -0.15) is 0 Å². The number of aromatic nitrogens is 1. The summed E-state index contributed by atoms with van der Waals surface area (Å²) < 4.78 is 0. The van der Waals surface area contributed by atoms with E-state index in [0.29, 0.717) is 11.3 Å². The summed E-state index contributed by atoms with van der Waals surface area (Å²) in [5.41, 5.74) is 8.76. The summed E-state index contributed by atoms with van der Waals surface area (Å²) in [5, 5.41) is 3.18. The smallest absolute Gasteiger partial charge is 0.159 e. The van der Waals surface area contributed by atoms with Crippen LogP contribution in [-0.2, 0) is 0 Å². The molecule has 2 aromatic rings. The maximum absolute atomic E-state index is 11.3. The summed E-state index contributed by atoms with van der Waals surface area (Å²) in [7, 11) is 0. The van der Waals surface area contributed by atoms with Gasteiger partial charge in [-0.15, -0.1) is 0 Å². The first-order valence-electron chi connectivity index (χ1n) is 5.66. The largest absolute Gasteiger partial charge is 0.397 e. The molecule has 0 aliphatic rings. The zero-order valence-corrected chi connectivity index (χ0v) is 10.4. The van der Waals surface area contributed by atoms with Gasteiger partial charge < -0.3 is 11.1 Å². The number of aryl methyl sites for hydroxylation is 1. The SMILES string of the molecule is CC(=O)c1cccc(Nc2ncc(N)cc2C)c1.